The lowest BCUT2D eigenvalue weighted by molar-refractivity contribution is -0.143. The number of rotatable bonds is 11. The minimum Gasteiger partial charge on any atom is -0.484 e. The van der Waals surface area contributed by atoms with Crippen molar-refractivity contribution < 1.29 is 14.3 Å². The van der Waals surface area contributed by atoms with Gasteiger partial charge in [-0.05, 0) is 43.5 Å². The van der Waals surface area contributed by atoms with Crippen molar-refractivity contribution in [1.29, 1.82) is 0 Å². The standard InChI is InChI=1S/C29H34N2O3/c1-4-23(3)30-29(33)27(19-24-13-7-5-8-14-24)31(20-25-15-11-12-22(2)18-25)28(32)21-34-26-16-9-6-10-17-26/h5-18,23,27H,4,19-21H2,1-3H3,(H,30,33)/t23-,27+/m1/s1. The summed E-state index contributed by atoms with van der Waals surface area (Å²) in [6.07, 6.45) is 1.23. The Kier molecular flexibility index (Phi) is 9.27. The summed E-state index contributed by atoms with van der Waals surface area (Å²) in [4.78, 5) is 28.6. The fraction of sp³-hybridized carbons (Fsp3) is 0.310. The van der Waals surface area contributed by atoms with Crippen molar-refractivity contribution in [3.05, 3.63) is 102 Å². The summed E-state index contributed by atoms with van der Waals surface area (Å²) in [5, 5.41) is 3.08. The molecule has 0 aliphatic heterocycles. The van der Waals surface area contributed by atoms with E-state index in [-0.39, 0.29) is 24.5 Å². The number of nitrogens with zero attached hydrogens (tertiary/aromatic N) is 1. The maximum atomic E-state index is 13.5. The Labute approximate surface area is 202 Å². The molecule has 5 nitrogen and oxygen atoms in total. The lowest BCUT2D eigenvalue weighted by Crippen LogP contribution is -2.53. The molecule has 5 heteroatoms. The van der Waals surface area contributed by atoms with Crippen LogP contribution >= 0.6 is 0 Å². The van der Waals surface area contributed by atoms with Gasteiger partial charge in [0.05, 0.1) is 0 Å². The highest BCUT2D eigenvalue weighted by Crippen LogP contribution is 2.17. The maximum Gasteiger partial charge on any atom is 0.261 e. The summed E-state index contributed by atoms with van der Waals surface area (Å²) < 4.78 is 5.77. The summed E-state index contributed by atoms with van der Waals surface area (Å²) in [6.45, 7) is 6.20. The van der Waals surface area contributed by atoms with Gasteiger partial charge < -0.3 is 15.0 Å². The van der Waals surface area contributed by atoms with E-state index in [2.05, 4.69) is 5.32 Å². The average Bonchev–Trinajstić information content (AvgIpc) is 2.85. The molecule has 0 aliphatic carbocycles. The van der Waals surface area contributed by atoms with Gasteiger partial charge in [-0.25, -0.2) is 0 Å². The number of para-hydroxylation sites is 1. The first-order valence-electron chi connectivity index (χ1n) is 11.8. The summed E-state index contributed by atoms with van der Waals surface area (Å²) in [7, 11) is 0. The van der Waals surface area contributed by atoms with Gasteiger partial charge >= 0.3 is 0 Å². The van der Waals surface area contributed by atoms with Crippen LogP contribution in [0.15, 0.2) is 84.9 Å². The van der Waals surface area contributed by atoms with E-state index in [1.54, 1.807) is 4.90 Å². The molecule has 2 atom stereocenters. The Balaban J connectivity index is 1.91. The number of hydrogen-bond acceptors (Lipinski definition) is 3. The van der Waals surface area contributed by atoms with Crippen LogP contribution < -0.4 is 10.1 Å². The topological polar surface area (TPSA) is 58.6 Å². The van der Waals surface area contributed by atoms with Crippen molar-refractivity contribution in [2.45, 2.75) is 52.2 Å². The van der Waals surface area contributed by atoms with Crippen LogP contribution in [0.3, 0.4) is 0 Å². The van der Waals surface area contributed by atoms with Gasteiger partial charge in [-0.15, -0.1) is 0 Å². The summed E-state index contributed by atoms with van der Waals surface area (Å²) in [6, 6.07) is 26.4. The van der Waals surface area contributed by atoms with Crippen LogP contribution in [0.1, 0.15) is 37.0 Å². The monoisotopic (exact) mass is 458 g/mol. The Morgan fingerprint density at radius 1 is 0.912 bits per heavy atom. The molecule has 34 heavy (non-hydrogen) atoms. The van der Waals surface area contributed by atoms with Crippen LogP contribution in [0.4, 0.5) is 0 Å². The fourth-order valence-electron chi connectivity index (χ4n) is 3.75. The smallest absolute Gasteiger partial charge is 0.261 e. The van der Waals surface area contributed by atoms with Gasteiger partial charge in [0.25, 0.3) is 5.91 Å². The largest absolute Gasteiger partial charge is 0.484 e. The van der Waals surface area contributed by atoms with E-state index in [1.165, 1.54) is 0 Å². The third kappa shape index (κ3) is 7.48. The highest BCUT2D eigenvalue weighted by atomic mass is 16.5. The van der Waals surface area contributed by atoms with Crippen LogP contribution in [0, 0.1) is 6.92 Å². The SMILES string of the molecule is CC[C@@H](C)NC(=O)[C@H](Cc1ccccc1)N(Cc1cccc(C)c1)C(=O)COc1ccccc1. The van der Waals surface area contributed by atoms with E-state index < -0.39 is 6.04 Å². The van der Waals surface area contributed by atoms with E-state index in [9.17, 15) is 9.59 Å². The molecule has 2 amide bonds. The third-order valence-corrected chi connectivity index (χ3v) is 5.81. The number of aryl methyl sites for hydroxylation is 1. The van der Waals surface area contributed by atoms with Crippen LogP contribution in [0.25, 0.3) is 0 Å². The molecule has 0 aliphatic rings. The third-order valence-electron chi connectivity index (χ3n) is 5.81. The Hall–Kier alpha value is -3.60. The summed E-state index contributed by atoms with van der Waals surface area (Å²) in [5.74, 6) is 0.236. The fourth-order valence-corrected chi connectivity index (χ4v) is 3.75. The molecule has 1 N–H and O–H groups in total. The number of carbonyl (C=O) groups is 2. The molecule has 0 fully saturated rings. The first-order valence-corrected chi connectivity index (χ1v) is 11.8. The summed E-state index contributed by atoms with van der Waals surface area (Å²) in [5.41, 5.74) is 3.08. The molecular weight excluding hydrogens is 424 g/mol. The molecule has 3 aromatic carbocycles. The van der Waals surface area contributed by atoms with Gasteiger partial charge in [-0.2, -0.15) is 0 Å². The normalized spacial score (nSPS) is 12.4. The van der Waals surface area contributed by atoms with Crippen molar-refractivity contribution in [2.24, 2.45) is 0 Å². The highest BCUT2D eigenvalue weighted by molar-refractivity contribution is 5.88. The zero-order chi connectivity index (χ0) is 24.3. The Morgan fingerprint density at radius 3 is 2.21 bits per heavy atom. The maximum absolute atomic E-state index is 13.5. The van der Waals surface area contributed by atoms with Crippen LogP contribution in [0.2, 0.25) is 0 Å². The number of nitrogens with one attached hydrogen (secondary N) is 1. The minimum absolute atomic E-state index is 0.0160. The molecule has 3 rings (SSSR count). The molecule has 0 saturated heterocycles. The quantitative estimate of drug-likeness (QED) is 0.443. The van der Waals surface area contributed by atoms with Crippen LogP contribution in [-0.4, -0.2) is 35.4 Å². The molecule has 0 bridgehead atoms. The van der Waals surface area contributed by atoms with Crippen LogP contribution in [-0.2, 0) is 22.6 Å². The van der Waals surface area contributed by atoms with Gasteiger partial charge in [-0.1, -0.05) is 85.3 Å². The molecule has 178 valence electrons. The van der Waals surface area contributed by atoms with Crippen molar-refractivity contribution in [1.82, 2.24) is 10.2 Å². The van der Waals surface area contributed by atoms with E-state index in [1.807, 2.05) is 106 Å². The minimum atomic E-state index is -0.663. The first kappa shape index (κ1) is 25.0. The van der Waals surface area contributed by atoms with Crippen molar-refractivity contribution in [3.8, 4) is 5.75 Å². The zero-order valence-corrected chi connectivity index (χ0v) is 20.2. The molecule has 0 spiro atoms. The number of amides is 2. The highest BCUT2D eigenvalue weighted by Gasteiger charge is 2.31. The lowest BCUT2D eigenvalue weighted by Gasteiger charge is -2.32. The Morgan fingerprint density at radius 2 is 1.56 bits per heavy atom. The summed E-state index contributed by atoms with van der Waals surface area (Å²) >= 11 is 0. The molecule has 0 unspecified atom stereocenters. The van der Waals surface area contributed by atoms with Gasteiger partial charge in [0, 0.05) is 19.0 Å². The van der Waals surface area contributed by atoms with E-state index in [0.717, 1.165) is 23.1 Å². The first-order chi connectivity index (χ1) is 16.5. The predicted octanol–water partition coefficient (Wildman–Crippen LogP) is 4.93. The molecular formula is C29H34N2O3. The van der Waals surface area contributed by atoms with Crippen molar-refractivity contribution >= 4 is 11.8 Å². The Bertz CT molecular complexity index is 1050. The average molecular weight is 459 g/mol. The molecule has 0 aromatic heterocycles. The van der Waals surface area contributed by atoms with Crippen molar-refractivity contribution in [2.75, 3.05) is 6.61 Å². The molecule has 0 heterocycles. The van der Waals surface area contributed by atoms with E-state index in [4.69, 9.17) is 4.74 Å². The predicted molar refractivity (Wildman–Crippen MR) is 135 cm³/mol. The van der Waals surface area contributed by atoms with Crippen LogP contribution in [0.5, 0.6) is 5.75 Å². The van der Waals surface area contributed by atoms with E-state index in [0.29, 0.717) is 18.7 Å². The number of hydrogen-bond donors (Lipinski definition) is 1. The lowest BCUT2D eigenvalue weighted by atomic mass is 10.0. The molecule has 0 saturated carbocycles. The van der Waals surface area contributed by atoms with Gasteiger partial charge in [-0.3, -0.25) is 9.59 Å². The molecule has 0 radical (unpaired) electrons. The second-order valence-electron chi connectivity index (χ2n) is 8.64. The van der Waals surface area contributed by atoms with Gasteiger partial charge in [0.15, 0.2) is 6.61 Å². The second kappa shape index (κ2) is 12.6. The number of ether oxygens (including phenoxy) is 1. The number of carbonyl (C=O) groups excluding carboxylic acids is 2. The van der Waals surface area contributed by atoms with E-state index >= 15 is 0 Å². The van der Waals surface area contributed by atoms with Gasteiger partial charge in [0.1, 0.15) is 11.8 Å². The van der Waals surface area contributed by atoms with Gasteiger partial charge in [0.2, 0.25) is 5.91 Å². The zero-order valence-electron chi connectivity index (χ0n) is 20.2. The number of benzene rings is 3. The second-order valence-corrected chi connectivity index (χ2v) is 8.64. The molecule has 3 aromatic rings. The van der Waals surface area contributed by atoms with Crippen molar-refractivity contribution in [3.63, 3.8) is 0 Å².